The Kier molecular flexibility index (Phi) is 3.51. The van der Waals surface area contributed by atoms with Crippen LogP contribution in [0.5, 0.6) is 0 Å². The van der Waals surface area contributed by atoms with E-state index in [4.69, 9.17) is 15.9 Å². The molecule has 1 heterocycles. The summed E-state index contributed by atoms with van der Waals surface area (Å²) < 4.78 is 0. The van der Waals surface area contributed by atoms with E-state index < -0.39 is 0 Å². The van der Waals surface area contributed by atoms with Crippen molar-refractivity contribution in [3.05, 3.63) is 22.9 Å². The van der Waals surface area contributed by atoms with Gasteiger partial charge in [-0.2, -0.15) is 0 Å². The lowest BCUT2D eigenvalue weighted by Crippen LogP contribution is -2.32. The number of aromatic nitrogens is 1. The fourth-order valence-electron chi connectivity index (χ4n) is 3.44. The highest BCUT2D eigenvalue weighted by Crippen LogP contribution is 2.31. The Morgan fingerprint density at radius 2 is 2.10 bits per heavy atom. The molecule has 0 unspecified atom stereocenters. The van der Waals surface area contributed by atoms with E-state index in [9.17, 15) is 0 Å². The normalized spacial score (nSPS) is 19.4. The lowest BCUT2D eigenvalue weighted by Gasteiger charge is -2.27. The van der Waals surface area contributed by atoms with Crippen molar-refractivity contribution in [3.8, 4) is 0 Å². The van der Waals surface area contributed by atoms with Gasteiger partial charge in [0.25, 0.3) is 0 Å². The van der Waals surface area contributed by atoms with Gasteiger partial charge in [0.05, 0.1) is 5.56 Å². The van der Waals surface area contributed by atoms with Gasteiger partial charge in [-0.05, 0) is 43.7 Å². The third-order valence-corrected chi connectivity index (χ3v) is 4.62. The minimum atomic E-state index is 0.159. The molecule has 0 saturated heterocycles. The van der Waals surface area contributed by atoms with Crippen LogP contribution < -0.4 is 10.6 Å². The predicted octanol–water partition coefficient (Wildman–Crippen LogP) is 2.04. The molecule has 1 saturated carbocycles. The highest BCUT2D eigenvalue weighted by atomic mass is 16.4. The minimum Gasteiger partial charge on any atom is -0.409 e. The van der Waals surface area contributed by atoms with Crippen molar-refractivity contribution in [3.63, 3.8) is 0 Å². The van der Waals surface area contributed by atoms with Gasteiger partial charge in [-0.15, -0.1) is 0 Å². The van der Waals surface area contributed by atoms with Crippen LogP contribution in [0.3, 0.4) is 0 Å². The van der Waals surface area contributed by atoms with Crippen LogP contribution in [0.1, 0.15) is 48.9 Å². The van der Waals surface area contributed by atoms with Crippen molar-refractivity contribution in [1.82, 2.24) is 4.98 Å². The maximum Gasteiger partial charge on any atom is 0.173 e. The first-order valence-electron chi connectivity index (χ1n) is 7.44. The van der Waals surface area contributed by atoms with E-state index in [0.29, 0.717) is 6.04 Å². The average molecular weight is 274 g/mol. The average Bonchev–Trinajstić information content (AvgIpc) is 3.14. The third kappa shape index (κ3) is 2.21. The first-order valence-corrected chi connectivity index (χ1v) is 7.44. The van der Waals surface area contributed by atoms with Crippen molar-refractivity contribution < 1.29 is 5.21 Å². The molecule has 1 fully saturated rings. The first-order chi connectivity index (χ1) is 9.70. The van der Waals surface area contributed by atoms with Gasteiger partial charge in [0, 0.05) is 18.8 Å². The Hall–Kier alpha value is -1.78. The molecular weight excluding hydrogens is 252 g/mol. The summed E-state index contributed by atoms with van der Waals surface area (Å²) in [5.41, 5.74) is 9.05. The van der Waals surface area contributed by atoms with Gasteiger partial charge in [0.15, 0.2) is 5.84 Å². The number of oxime groups is 1. The zero-order valence-electron chi connectivity index (χ0n) is 12.0. The number of hydrogen-bond acceptors (Lipinski definition) is 4. The number of pyridine rings is 1. The van der Waals surface area contributed by atoms with Gasteiger partial charge < -0.3 is 15.8 Å². The van der Waals surface area contributed by atoms with E-state index >= 15 is 0 Å². The summed E-state index contributed by atoms with van der Waals surface area (Å²) in [5.74, 6) is 1.03. The van der Waals surface area contributed by atoms with Crippen LogP contribution in [0.4, 0.5) is 5.82 Å². The van der Waals surface area contributed by atoms with E-state index in [1.54, 1.807) is 0 Å². The molecule has 108 valence electrons. The SMILES string of the molecule is CN(c1nc2c(cc1C(N)=NO)CCC2)C1CCCC1. The van der Waals surface area contributed by atoms with Crippen LogP contribution in [0.15, 0.2) is 11.2 Å². The number of fused-ring (bicyclic) bond motifs is 1. The molecule has 0 atom stereocenters. The van der Waals surface area contributed by atoms with Gasteiger partial charge in [-0.1, -0.05) is 18.0 Å². The largest absolute Gasteiger partial charge is 0.409 e. The molecule has 0 bridgehead atoms. The topological polar surface area (TPSA) is 74.7 Å². The van der Waals surface area contributed by atoms with Crippen LogP contribution in [-0.2, 0) is 12.8 Å². The smallest absolute Gasteiger partial charge is 0.173 e. The predicted molar refractivity (Wildman–Crippen MR) is 79.4 cm³/mol. The second kappa shape index (κ2) is 5.31. The Balaban J connectivity index is 2.03. The van der Waals surface area contributed by atoms with Crippen LogP contribution in [0.25, 0.3) is 0 Å². The summed E-state index contributed by atoms with van der Waals surface area (Å²) in [6.45, 7) is 0. The number of hydrogen-bond donors (Lipinski definition) is 2. The highest BCUT2D eigenvalue weighted by molar-refractivity contribution is 6.01. The Labute approximate surface area is 119 Å². The van der Waals surface area contributed by atoms with Crippen molar-refractivity contribution in [1.29, 1.82) is 0 Å². The molecule has 0 aromatic carbocycles. The van der Waals surface area contributed by atoms with E-state index in [1.165, 1.54) is 36.9 Å². The van der Waals surface area contributed by atoms with Crippen LogP contribution in [0.2, 0.25) is 0 Å². The van der Waals surface area contributed by atoms with Crippen molar-refractivity contribution in [2.75, 3.05) is 11.9 Å². The number of amidine groups is 1. The number of aryl methyl sites for hydroxylation is 2. The standard InChI is InChI=1S/C15H22N4O/c1-19(11-6-2-3-7-11)15-12(14(16)18-20)9-10-5-4-8-13(10)17-15/h9,11,20H,2-8H2,1H3,(H2,16,18). The summed E-state index contributed by atoms with van der Waals surface area (Å²) in [5, 5.41) is 12.2. The van der Waals surface area contributed by atoms with Crippen molar-refractivity contribution >= 4 is 11.7 Å². The molecule has 0 amide bonds. The van der Waals surface area contributed by atoms with Gasteiger partial charge in [0.1, 0.15) is 5.82 Å². The zero-order valence-corrected chi connectivity index (χ0v) is 12.0. The molecule has 3 rings (SSSR count). The Morgan fingerprint density at radius 3 is 2.80 bits per heavy atom. The molecule has 0 radical (unpaired) electrons. The van der Waals surface area contributed by atoms with Crippen LogP contribution in [0, 0.1) is 0 Å². The third-order valence-electron chi connectivity index (χ3n) is 4.62. The molecule has 0 aliphatic heterocycles. The van der Waals surface area contributed by atoms with E-state index in [-0.39, 0.29) is 5.84 Å². The van der Waals surface area contributed by atoms with Crippen molar-refractivity contribution in [2.45, 2.75) is 51.0 Å². The van der Waals surface area contributed by atoms with E-state index in [2.05, 4.69) is 23.2 Å². The molecule has 5 nitrogen and oxygen atoms in total. The van der Waals surface area contributed by atoms with E-state index in [0.717, 1.165) is 30.6 Å². The molecule has 3 N–H and O–H groups in total. The van der Waals surface area contributed by atoms with E-state index in [1.807, 2.05) is 0 Å². The summed E-state index contributed by atoms with van der Waals surface area (Å²) in [6.07, 6.45) is 8.18. The molecule has 1 aromatic heterocycles. The molecule has 1 aromatic rings. The summed E-state index contributed by atoms with van der Waals surface area (Å²) in [4.78, 5) is 7.04. The maximum absolute atomic E-state index is 9.02. The van der Waals surface area contributed by atoms with Crippen LogP contribution >= 0.6 is 0 Å². The lowest BCUT2D eigenvalue weighted by molar-refractivity contribution is 0.318. The molecule has 0 spiro atoms. The number of nitrogens with two attached hydrogens (primary N) is 1. The van der Waals surface area contributed by atoms with Gasteiger partial charge >= 0.3 is 0 Å². The van der Waals surface area contributed by atoms with Gasteiger partial charge in [0.2, 0.25) is 0 Å². The molecule has 2 aliphatic carbocycles. The summed E-state index contributed by atoms with van der Waals surface area (Å²) in [7, 11) is 2.08. The number of rotatable bonds is 3. The quantitative estimate of drug-likeness (QED) is 0.383. The summed E-state index contributed by atoms with van der Waals surface area (Å²) in [6, 6.07) is 2.58. The second-order valence-corrected chi connectivity index (χ2v) is 5.85. The number of anilines is 1. The monoisotopic (exact) mass is 274 g/mol. The summed E-state index contributed by atoms with van der Waals surface area (Å²) >= 11 is 0. The molecule has 2 aliphatic rings. The Bertz CT molecular complexity index is 535. The number of nitrogens with zero attached hydrogens (tertiary/aromatic N) is 3. The molecule has 5 heteroatoms. The molecule has 20 heavy (non-hydrogen) atoms. The first kappa shape index (κ1) is 13.2. The van der Waals surface area contributed by atoms with Gasteiger partial charge in [-0.25, -0.2) is 4.98 Å². The fraction of sp³-hybridized carbons (Fsp3) is 0.600. The Morgan fingerprint density at radius 1 is 1.35 bits per heavy atom. The minimum absolute atomic E-state index is 0.159. The fourth-order valence-corrected chi connectivity index (χ4v) is 3.44. The highest BCUT2D eigenvalue weighted by Gasteiger charge is 2.26. The second-order valence-electron chi connectivity index (χ2n) is 5.85. The van der Waals surface area contributed by atoms with Crippen molar-refractivity contribution in [2.24, 2.45) is 10.9 Å². The van der Waals surface area contributed by atoms with Gasteiger partial charge in [-0.3, -0.25) is 0 Å². The molecular formula is C15H22N4O. The zero-order chi connectivity index (χ0) is 14.1. The lowest BCUT2D eigenvalue weighted by atomic mass is 10.1. The maximum atomic E-state index is 9.02. The van der Waals surface area contributed by atoms with Crippen LogP contribution in [-0.4, -0.2) is 29.1 Å².